The Morgan fingerprint density at radius 3 is 2.78 bits per heavy atom. The van der Waals surface area contributed by atoms with E-state index in [2.05, 4.69) is 66.5 Å². The third kappa shape index (κ3) is 6.19. The minimum Gasteiger partial charge on any atom is -0.374 e. The van der Waals surface area contributed by atoms with Crippen molar-refractivity contribution in [3.05, 3.63) is 70.8 Å². The van der Waals surface area contributed by atoms with E-state index in [0.717, 1.165) is 32.7 Å². The largest absolute Gasteiger partial charge is 0.374 e. The molecule has 2 aromatic rings. The normalized spacial score (nSPS) is 17.6. The lowest BCUT2D eigenvalue weighted by atomic mass is 10.0. The molecule has 0 aliphatic carbocycles. The monoisotopic (exact) mass is 366 g/mol. The highest BCUT2D eigenvalue weighted by Gasteiger charge is 2.21. The highest BCUT2D eigenvalue weighted by atomic mass is 16.5. The first kappa shape index (κ1) is 19.6. The highest BCUT2D eigenvalue weighted by Crippen LogP contribution is 2.13. The number of rotatable bonds is 7. The molecular weight excluding hydrogens is 336 g/mol. The molecule has 144 valence electrons. The zero-order valence-corrected chi connectivity index (χ0v) is 16.4. The molecule has 1 fully saturated rings. The fraction of sp³-hybridized carbons (Fsp3) is 0.435. The second-order valence-corrected chi connectivity index (χ2v) is 7.45. The molecule has 0 bridgehead atoms. The lowest BCUT2D eigenvalue weighted by Crippen LogP contribution is -2.47. The third-order valence-electron chi connectivity index (χ3n) is 5.12. The average molecular weight is 367 g/mol. The minimum absolute atomic E-state index is 0.0625. The molecule has 2 aromatic carbocycles. The summed E-state index contributed by atoms with van der Waals surface area (Å²) in [5, 5.41) is 3.05. The van der Waals surface area contributed by atoms with Crippen LogP contribution in [0, 0.1) is 13.8 Å². The third-order valence-corrected chi connectivity index (χ3v) is 5.12. The second-order valence-electron chi connectivity index (χ2n) is 7.45. The quantitative estimate of drug-likeness (QED) is 0.818. The van der Waals surface area contributed by atoms with Crippen LogP contribution in [0.1, 0.15) is 28.7 Å². The second kappa shape index (κ2) is 9.67. The van der Waals surface area contributed by atoms with E-state index >= 15 is 0 Å². The van der Waals surface area contributed by atoms with Gasteiger partial charge in [0.25, 0.3) is 0 Å². The SMILES string of the molecule is Cc1ccc(CCC(=O)NCC2CN(Cc3ccccc3)CCO2)c(C)c1. The molecule has 1 N–H and O–H groups in total. The number of benzene rings is 2. The zero-order chi connectivity index (χ0) is 19.1. The van der Waals surface area contributed by atoms with Crippen molar-refractivity contribution in [1.82, 2.24) is 10.2 Å². The van der Waals surface area contributed by atoms with Gasteiger partial charge in [0, 0.05) is 32.6 Å². The van der Waals surface area contributed by atoms with E-state index in [4.69, 9.17) is 4.74 Å². The van der Waals surface area contributed by atoms with Crippen molar-refractivity contribution in [3.8, 4) is 0 Å². The van der Waals surface area contributed by atoms with Gasteiger partial charge in [-0.25, -0.2) is 0 Å². The van der Waals surface area contributed by atoms with Crippen molar-refractivity contribution < 1.29 is 9.53 Å². The van der Waals surface area contributed by atoms with Gasteiger partial charge in [-0.3, -0.25) is 9.69 Å². The number of nitrogens with one attached hydrogen (secondary N) is 1. The fourth-order valence-electron chi connectivity index (χ4n) is 3.58. The van der Waals surface area contributed by atoms with Gasteiger partial charge in [0.2, 0.25) is 5.91 Å². The van der Waals surface area contributed by atoms with Gasteiger partial charge in [-0.2, -0.15) is 0 Å². The molecule has 0 spiro atoms. The van der Waals surface area contributed by atoms with Gasteiger partial charge < -0.3 is 10.1 Å². The van der Waals surface area contributed by atoms with E-state index in [1.807, 2.05) is 6.07 Å². The molecule has 1 aliphatic heterocycles. The smallest absolute Gasteiger partial charge is 0.220 e. The van der Waals surface area contributed by atoms with Crippen LogP contribution >= 0.6 is 0 Å². The maximum absolute atomic E-state index is 12.2. The Morgan fingerprint density at radius 2 is 2.00 bits per heavy atom. The summed E-state index contributed by atoms with van der Waals surface area (Å²) in [6.45, 7) is 8.22. The van der Waals surface area contributed by atoms with Gasteiger partial charge in [-0.15, -0.1) is 0 Å². The van der Waals surface area contributed by atoms with Gasteiger partial charge >= 0.3 is 0 Å². The van der Waals surface area contributed by atoms with Crippen LogP contribution in [0.4, 0.5) is 0 Å². The van der Waals surface area contributed by atoms with Crippen molar-refractivity contribution in [2.45, 2.75) is 39.3 Å². The molecule has 1 saturated heterocycles. The molecule has 4 nitrogen and oxygen atoms in total. The summed E-state index contributed by atoms with van der Waals surface area (Å²) in [5.41, 5.74) is 5.08. The Hall–Kier alpha value is -2.17. The predicted octanol–water partition coefficient (Wildman–Crippen LogP) is 3.25. The van der Waals surface area contributed by atoms with Crippen molar-refractivity contribution in [2.75, 3.05) is 26.2 Å². The van der Waals surface area contributed by atoms with Crippen LogP contribution < -0.4 is 5.32 Å². The molecule has 27 heavy (non-hydrogen) atoms. The lowest BCUT2D eigenvalue weighted by Gasteiger charge is -2.33. The predicted molar refractivity (Wildman–Crippen MR) is 109 cm³/mol. The molecule has 0 radical (unpaired) electrons. The van der Waals surface area contributed by atoms with Crippen LogP contribution in [0.25, 0.3) is 0 Å². The molecule has 0 aromatic heterocycles. The van der Waals surface area contributed by atoms with Crippen LogP contribution in [-0.2, 0) is 22.5 Å². The molecule has 0 saturated carbocycles. The number of amides is 1. The number of hydrogen-bond donors (Lipinski definition) is 1. The average Bonchev–Trinajstić information content (AvgIpc) is 2.67. The Labute approximate surface area is 162 Å². The van der Waals surface area contributed by atoms with Crippen molar-refractivity contribution in [3.63, 3.8) is 0 Å². The van der Waals surface area contributed by atoms with Gasteiger partial charge in [0.15, 0.2) is 0 Å². The maximum atomic E-state index is 12.2. The number of aryl methyl sites for hydroxylation is 3. The highest BCUT2D eigenvalue weighted by molar-refractivity contribution is 5.76. The Kier molecular flexibility index (Phi) is 7.02. The van der Waals surface area contributed by atoms with Crippen LogP contribution in [-0.4, -0.2) is 43.2 Å². The topological polar surface area (TPSA) is 41.6 Å². The van der Waals surface area contributed by atoms with E-state index in [-0.39, 0.29) is 12.0 Å². The first-order valence-electron chi connectivity index (χ1n) is 9.81. The summed E-state index contributed by atoms with van der Waals surface area (Å²) >= 11 is 0. The van der Waals surface area contributed by atoms with Gasteiger partial charge in [0.1, 0.15) is 0 Å². The first-order chi connectivity index (χ1) is 13.1. The number of morpholine rings is 1. The first-order valence-corrected chi connectivity index (χ1v) is 9.81. The van der Waals surface area contributed by atoms with Crippen molar-refractivity contribution in [1.29, 1.82) is 0 Å². The summed E-state index contributed by atoms with van der Waals surface area (Å²) in [4.78, 5) is 14.6. The van der Waals surface area contributed by atoms with Crippen molar-refractivity contribution >= 4 is 5.91 Å². The number of carbonyl (C=O) groups is 1. The number of carbonyl (C=O) groups excluding carboxylic acids is 1. The Balaban J connectivity index is 1.40. The maximum Gasteiger partial charge on any atom is 0.220 e. The van der Waals surface area contributed by atoms with E-state index in [9.17, 15) is 4.79 Å². The van der Waals surface area contributed by atoms with E-state index in [1.54, 1.807) is 0 Å². The molecule has 4 heteroatoms. The summed E-state index contributed by atoms with van der Waals surface area (Å²) < 4.78 is 5.83. The van der Waals surface area contributed by atoms with E-state index < -0.39 is 0 Å². The van der Waals surface area contributed by atoms with Gasteiger partial charge in [-0.05, 0) is 37.0 Å². The number of nitrogens with zero attached hydrogens (tertiary/aromatic N) is 1. The van der Waals surface area contributed by atoms with Crippen LogP contribution in [0.3, 0.4) is 0 Å². The molecule has 1 heterocycles. The fourth-order valence-corrected chi connectivity index (χ4v) is 3.58. The van der Waals surface area contributed by atoms with Gasteiger partial charge in [-0.1, -0.05) is 54.1 Å². The van der Waals surface area contributed by atoms with Crippen molar-refractivity contribution in [2.24, 2.45) is 0 Å². The summed E-state index contributed by atoms with van der Waals surface area (Å²) in [6, 6.07) is 16.9. The molecule has 1 amide bonds. The number of hydrogen-bond acceptors (Lipinski definition) is 3. The number of ether oxygens (including phenoxy) is 1. The molecule has 1 atom stereocenters. The minimum atomic E-state index is 0.0625. The summed E-state index contributed by atoms with van der Waals surface area (Å²) in [7, 11) is 0. The van der Waals surface area contributed by atoms with Crippen LogP contribution in [0.5, 0.6) is 0 Å². The van der Waals surface area contributed by atoms with Crippen LogP contribution in [0.15, 0.2) is 48.5 Å². The van der Waals surface area contributed by atoms with E-state index in [0.29, 0.717) is 13.0 Å². The standard InChI is InChI=1S/C23H30N2O2/c1-18-8-9-21(19(2)14-18)10-11-23(26)24-15-22-17-25(12-13-27-22)16-20-6-4-3-5-7-20/h3-9,14,22H,10-13,15-17H2,1-2H3,(H,24,26). The molecule has 3 rings (SSSR count). The Bertz CT molecular complexity index is 745. The summed E-state index contributed by atoms with van der Waals surface area (Å²) in [6.07, 6.45) is 1.36. The Morgan fingerprint density at radius 1 is 1.19 bits per heavy atom. The van der Waals surface area contributed by atoms with Crippen LogP contribution in [0.2, 0.25) is 0 Å². The van der Waals surface area contributed by atoms with Gasteiger partial charge in [0.05, 0.1) is 12.7 Å². The lowest BCUT2D eigenvalue weighted by molar-refractivity contribution is -0.122. The molecule has 1 unspecified atom stereocenters. The molecular formula is C23H30N2O2. The van der Waals surface area contributed by atoms with E-state index in [1.165, 1.54) is 22.3 Å². The zero-order valence-electron chi connectivity index (χ0n) is 16.4. The molecule has 1 aliphatic rings. The summed E-state index contributed by atoms with van der Waals surface area (Å²) in [5.74, 6) is 0.0961.